The predicted molar refractivity (Wildman–Crippen MR) is 88.1 cm³/mol. The number of para-hydroxylation sites is 1. The molecule has 1 aromatic rings. The molecule has 0 bridgehead atoms. The fourth-order valence-electron chi connectivity index (χ4n) is 3.38. The molecule has 1 aliphatic carbocycles. The topological polar surface area (TPSA) is 55.1 Å². The van der Waals surface area contributed by atoms with Crippen LogP contribution in [-0.2, 0) is 4.79 Å². The van der Waals surface area contributed by atoms with Crippen LogP contribution in [0.5, 0.6) is 0 Å². The average Bonchev–Trinajstić information content (AvgIpc) is 2.41. The second-order valence-corrected chi connectivity index (χ2v) is 7.53. The quantitative estimate of drug-likeness (QED) is 0.887. The van der Waals surface area contributed by atoms with Gasteiger partial charge in [0.25, 0.3) is 0 Å². The van der Waals surface area contributed by atoms with Crippen molar-refractivity contribution in [1.29, 1.82) is 0 Å². The van der Waals surface area contributed by atoms with Gasteiger partial charge in [0.2, 0.25) is 5.91 Å². The van der Waals surface area contributed by atoms with Crippen LogP contribution in [0.2, 0.25) is 0 Å². The summed E-state index contributed by atoms with van der Waals surface area (Å²) in [4.78, 5) is 12.1. The van der Waals surface area contributed by atoms with Crippen molar-refractivity contribution in [3.8, 4) is 0 Å². The lowest BCUT2D eigenvalue weighted by Crippen LogP contribution is -2.53. The number of amides is 1. The van der Waals surface area contributed by atoms with Crippen molar-refractivity contribution in [1.82, 2.24) is 0 Å². The SMILES string of the molecule is Cc1ccccc1NC1(C(N)=O)CCC(C(C)(C)C)CC1. The summed E-state index contributed by atoms with van der Waals surface area (Å²) in [6.45, 7) is 8.90. The fraction of sp³-hybridized carbons (Fsp3) is 0.611. The van der Waals surface area contributed by atoms with Gasteiger partial charge in [-0.3, -0.25) is 4.79 Å². The van der Waals surface area contributed by atoms with Crippen LogP contribution in [0.3, 0.4) is 0 Å². The number of nitrogens with two attached hydrogens (primary N) is 1. The monoisotopic (exact) mass is 288 g/mol. The van der Waals surface area contributed by atoms with Crippen LogP contribution < -0.4 is 11.1 Å². The molecule has 3 heteroatoms. The Morgan fingerprint density at radius 2 is 1.81 bits per heavy atom. The molecule has 1 aromatic carbocycles. The van der Waals surface area contributed by atoms with Crippen molar-refractivity contribution in [2.24, 2.45) is 17.1 Å². The van der Waals surface area contributed by atoms with E-state index >= 15 is 0 Å². The molecule has 1 amide bonds. The fourth-order valence-corrected chi connectivity index (χ4v) is 3.38. The molecule has 3 N–H and O–H groups in total. The molecule has 0 spiro atoms. The molecule has 1 saturated carbocycles. The molecule has 3 nitrogen and oxygen atoms in total. The Morgan fingerprint density at radius 3 is 2.29 bits per heavy atom. The van der Waals surface area contributed by atoms with E-state index in [-0.39, 0.29) is 5.91 Å². The third kappa shape index (κ3) is 3.39. The van der Waals surface area contributed by atoms with Gasteiger partial charge in [-0.15, -0.1) is 0 Å². The van der Waals surface area contributed by atoms with Crippen molar-refractivity contribution in [3.63, 3.8) is 0 Å². The number of anilines is 1. The van der Waals surface area contributed by atoms with E-state index in [1.807, 2.05) is 18.2 Å². The normalized spacial score (nSPS) is 26.4. The number of carbonyl (C=O) groups excluding carboxylic acids is 1. The van der Waals surface area contributed by atoms with Gasteiger partial charge in [-0.1, -0.05) is 39.0 Å². The molecular weight excluding hydrogens is 260 g/mol. The maximum Gasteiger partial charge on any atom is 0.243 e. The Hall–Kier alpha value is -1.51. The molecule has 21 heavy (non-hydrogen) atoms. The van der Waals surface area contributed by atoms with Crippen LogP contribution in [0.15, 0.2) is 24.3 Å². The third-order valence-corrected chi connectivity index (χ3v) is 5.05. The Kier molecular flexibility index (Phi) is 4.31. The minimum Gasteiger partial charge on any atom is -0.371 e. The lowest BCUT2D eigenvalue weighted by atomic mass is 9.67. The molecule has 0 saturated heterocycles. The number of carbonyl (C=O) groups is 1. The molecule has 116 valence electrons. The minimum atomic E-state index is -0.589. The summed E-state index contributed by atoms with van der Waals surface area (Å²) in [5.74, 6) is 0.432. The van der Waals surface area contributed by atoms with Gasteiger partial charge in [-0.05, 0) is 55.6 Å². The highest BCUT2D eigenvalue weighted by Crippen LogP contribution is 2.42. The largest absolute Gasteiger partial charge is 0.371 e. The van der Waals surface area contributed by atoms with Crippen LogP contribution in [0.1, 0.15) is 52.0 Å². The molecule has 0 aromatic heterocycles. The van der Waals surface area contributed by atoms with Gasteiger partial charge in [-0.2, -0.15) is 0 Å². The Morgan fingerprint density at radius 1 is 1.24 bits per heavy atom. The summed E-state index contributed by atoms with van der Waals surface area (Å²) in [7, 11) is 0. The van der Waals surface area contributed by atoms with Crippen molar-refractivity contribution >= 4 is 11.6 Å². The van der Waals surface area contributed by atoms with E-state index in [9.17, 15) is 4.79 Å². The maximum absolute atomic E-state index is 12.1. The predicted octanol–water partition coefficient (Wildman–Crippen LogP) is 3.87. The number of nitrogens with one attached hydrogen (secondary N) is 1. The van der Waals surface area contributed by atoms with Gasteiger partial charge >= 0.3 is 0 Å². The van der Waals surface area contributed by atoms with Crippen LogP contribution in [-0.4, -0.2) is 11.4 Å². The van der Waals surface area contributed by atoms with Crippen molar-refractivity contribution in [2.45, 2.75) is 58.9 Å². The van der Waals surface area contributed by atoms with Crippen molar-refractivity contribution < 1.29 is 4.79 Å². The van der Waals surface area contributed by atoms with Crippen LogP contribution in [0.4, 0.5) is 5.69 Å². The first-order chi connectivity index (χ1) is 9.74. The highest BCUT2D eigenvalue weighted by molar-refractivity contribution is 5.88. The molecule has 0 radical (unpaired) electrons. The van der Waals surface area contributed by atoms with Gasteiger partial charge in [0.1, 0.15) is 5.54 Å². The summed E-state index contributed by atoms with van der Waals surface area (Å²) in [5.41, 5.74) is 7.63. The van der Waals surface area contributed by atoms with Crippen molar-refractivity contribution in [2.75, 3.05) is 5.32 Å². The smallest absolute Gasteiger partial charge is 0.243 e. The molecule has 0 aliphatic heterocycles. The lowest BCUT2D eigenvalue weighted by Gasteiger charge is -2.43. The van der Waals surface area contributed by atoms with E-state index in [0.29, 0.717) is 11.3 Å². The number of benzene rings is 1. The van der Waals surface area contributed by atoms with Crippen LogP contribution in [0, 0.1) is 18.3 Å². The summed E-state index contributed by atoms with van der Waals surface area (Å²) in [6.07, 6.45) is 3.73. The number of aryl methyl sites for hydroxylation is 1. The van der Waals surface area contributed by atoms with E-state index in [1.165, 1.54) is 0 Å². The zero-order valence-corrected chi connectivity index (χ0v) is 13.7. The second-order valence-electron chi connectivity index (χ2n) is 7.53. The highest BCUT2D eigenvalue weighted by Gasteiger charge is 2.42. The maximum atomic E-state index is 12.1. The minimum absolute atomic E-state index is 0.224. The Labute approximate surface area is 128 Å². The first kappa shape index (κ1) is 15.9. The zero-order valence-electron chi connectivity index (χ0n) is 13.7. The standard InChI is InChI=1S/C18H28N2O/c1-13-7-5-6-8-15(13)20-18(16(19)21)11-9-14(10-12-18)17(2,3)4/h5-8,14,20H,9-12H2,1-4H3,(H2,19,21). The summed E-state index contributed by atoms with van der Waals surface area (Å²) < 4.78 is 0. The number of hydrogen-bond acceptors (Lipinski definition) is 2. The van der Waals surface area contributed by atoms with Gasteiger partial charge < -0.3 is 11.1 Å². The van der Waals surface area contributed by atoms with E-state index in [4.69, 9.17) is 5.73 Å². The van der Waals surface area contributed by atoms with Gasteiger partial charge in [0, 0.05) is 5.69 Å². The molecular formula is C18H28N2O. The van der Waals surface area contributed by atoms with E-state index in [1.54, 1.807) is 0 Å². The van der Waals surface area contributed by atoms with Crippen molar-refractivity contribution in [3.05, 3.63) is 29.8 Å². The van der Waals surface area contributed by atoms with Gasteiger partial charge in [0.15, 0.2) is 0 Å². The van der Waals surface area contributed by atoms with E-state index < -0.39 is 5.54 Å². The van der Waals surface area contributed by atoms with Crippen LogP contribution in [0.25, 0.3) is 0 Å². The second kappa shape index (κ2) is 5.70. The Bertz CT molecular complexity index is 508. The van der Waals surface area contributed by atoms with Gasteiger partial charge in [0.05, 0.1) is 0 Å². The molecule has 0 unspecified atom stereocenters. The molecule has 1 fully saturated rings. The zero-order chi connectivity index (χ0) is 15.7. The van der Waals surface area contributed by atoms with E-state index in [2.05, 4.69) is 39.1 Å². The summed E-state index contributed by atoms with van der Waals surface area (Å²) in [5, 5.41) is 3.46. The molecule has 0 heterocycles. The highest BCUT2D eigenvalue weighted by atomic mass is 16.1. The number of hydrogen-bond donors (Lipinski definition) is 2. The average molecular weight is 288 g/mol. The Balaban J connectivity index is 2.17. The molecule has 1 aliphatic rings. The first-order valence-corrected chi connectivity index (χ1v) is 7.88. The number of primary amides is 1. The van der Waals surface area contributed by atoms with Gasteiger partial charge in [-0.25, -0.2) is 0 Å². The van der Waals surface area contributed by atoms with Crippen LogP contribution >= 0.6 is 0 Å². The summed E-state index contributed by atoms with van der Waals surface area (Å²) in [6, 6.07) is 8.08. The summed E-state index contributed by atoms with van der Waals surface area (Å²) >= 11 is 0. The van der Waals surface area contributed by atoms with E-state index in [0.717, 1.165) is 36.9 Å². The third-order valence-electron chi connectivity index (χ3n) is 5.05. The number of rotatable bonds is 3. The lowest BCUT2D eigenvalue weighted by molar-refractivity contribution is -0.123. The molecule has 2 rings (SSSR count). The molecule has 0 atom stereocenters. The first-order valence-electron chi connectivity index (χ1n) is 7.88.